The molecule has 0 aliphatic heterocycles. The van der Waals surface area contributed by atoms with Crippen LogP contribution in [0.4, 0.5) is 17.3 Å². The first-order valence-corrected chi connectivity index (χ1v) is 8.60. The zero-order valence-electron chi connectivity index (χ0n) is 15.8. The van der Waals surface area contributed by atoms with Crippen molar-refractivity contribution in [2.45, 2.75) is 20.8 Å². The molecule has 0 bridgehead atoms. The van der Waals surface area contributed by atoms with Gasteiger partial charge in [-0.05, 0) is 62.2 Å². The van der Waals surface area contributed by atoms with Gasteiger partial charge in [-0.2, -0.15) is 0 Å². The molecule has 6 heteroatoms. The molecular formula is C21H22N4O2. The molecule has 3 rings (SSSR count). The lowest BCUT2D eigenvalue weighted by Gasteiger charge is -2.12. The van der Waals surface area contributed by atoms with Crippen LogP contribution >= 0.6 is 0 Å². The quantitative estimate of drug-likeness (QED) is 0.703. The zero-order chi connectivity index (χ0) is 19.4. The Kier molecular flexibility index (Phi) is 5.35. The van der Waals surface area contributed by atoms with Crippen LogP contribution in [0.1, 0.15) is 27.3 Å². The van der Waals surface area contributed by atoms with E-state index in [4.69, 9.17) is 4.74 Å². The second-order valence-corrected chi connectivity index (χ2v) is 6.37. The van der Waals surface area contributed by atoms with Crippen LogP contribution in [0.2, 0.25) is 0 Å². The number of nitrogens with one attached hydrogen (secondary N) is 2. The van der Waals surface area contributed by atoms with Gasteiger partial charge in [0.15, 0.2) is 0 Å². The molecule has 1 heterocycles. The molecule has 1 aromatic heterocycles. The minimum absolute atomic E-state index is 0.287. The number of aryl methyl sites for hydroxylation is 3. The summed E-state index contributed by atoms with van der Waals surface area (Å²) in [5.74, 6) is 0.732. The number of carbonyl (C=O) groups is 1. The first kappa shape index (κ1) is 18.4. The number of rotatable bonds is 5. The van der Waals surface area contributed by atoms with E-state index < -0.39 is 0 Å². The summed E-state index contributed by atoms with van der Waals surface area (Å²) in [5.41, 5.74) is 4.59. The van der Waals surface area contributed by atoms with Crippen molar-refractivity contribution in [1.82, 2.24) is 9.97 Å². The summed E-state index contributed by atoms with van der Waals surface area (Å²) in [7, 11) is 1.60. The Morgan fingerprint density at radius 2 is 1.74 bits per heavy atom. The smallest absolute Gasteiger partial charge is 0.274 e. The highest BCUT2D eigenvalue weighted by Crippen LogP contribution is 2.27. The summed E-state index contributed by atoms with van der Waals surface area (Å²) in [4.78, 5) is 21.3. The van der Waals surface area contributed by atoms with Gasteiger partial charge in [0.25, 0.3) is 5.91 Å². The Morgan fingerprint density at radius 1 is 0.963 bits per heavy atom. The molecule has 2 aromatic carbocycles. The van der Waals surface area contributed by atoms with E-state index in [1.165, 1.54) is 0 Å². The molecule has 0 aliphatic carbocycles. The third-order valence-corrected chi connectivity index (χ3v) is 3.96. The highest BCUT2D eigenvalue weighted by molar-refractivity contribution is 6.03. The maximum absolute atomic E-state index is 12.6. The van der Waals surface area contributed by atoms with Crippen LogP contribution in [0, 0.1) is 20.8 Å². The molecule has 27 heavy (non-hydrogen) atoms. The van der Waals surface area contributed by atoms with E-state index in [0.29, 0.717) is 17.4 Å². The summed E-state index contributed by atoms with van der Waals surface area (Å²) >= 11 is 0. The van der Waals surface area contributed by atoms with Crippen LogP contribution in [-0.2, 0) is 0 Å². The van der Waals surface area contributed by atoms with E-state index in [1.54, 1.807) is 13.2 Å². The molecule has 0 aliphatic rings. The average molecular weight is 362 g/mol. The van der Waals surface area contributed by atoms with Gasteiger partial charge in [-0.15, -0.1) is 0 Å². The monoisotopic (exact) mass is 362 g/mol. The number of ether oxygens (including phenoxy) is 1. The van der Waals surface area contributed by atoms with E-state index in [1.807, 2.05) is 63.2 Å². The van der Waals surface area contributed by atoms with Gasteiger partial charge >= 0.3 is 0 Å². The van der Waals surface area contributed by atoms with Gasteiger partial charge < -0.3 is 15.4 Å². The van der Waals surface area contributed by atoms with E-state index in [9.17, 15) is 4.79 Å². The molecular weight excluding hydrogens is 340 g/mol. The van der Waals surface area contributed by atoms with Crippen molar-refractivity contribution in [3.8, 4) is 5.75 Å². The topological polar surface area (TPSA) is 76.1 Å². The number of carbonyl (C=O) groups excluding carboxylic acids is 1. The van der Waals surface area contributed by atoms with Crippen molar-refractivity contribution < 1.29 is 9.53 Å². The number of amides is 1. The molecule has 138 valence electrons. The summed E-state index contributed by atoms with van der Waals surface area (Å²) in [6.07, 6.45) is 0. The highest BCUT2D eigenvalue weighted by Gasteiger charge is 2.13. The molecule has 0 fully saturated rings. The third-order valence-electron chi connectivity index (χ3n) is 3.96. The first-order chi connectivity index (χ1) is 12.9. The van der Waals surface area contributed by atoms with Gasteiger partial charge in [0, 0.05) is 11.4 Å². The molecule has 0 atom stereocenters. The van der Waals surface area contributed by atoms with Crippen molar-refractivity contribution >= 4 is 23.2 Å². The molecule has 1 amide bonds. The molecule has 2 N–H and O–H groups in total. The van der Waals surface area contributed by atoms with Crippen molar-refractivity contribution in [1.29, 1.82) is 0 Å². The number of benzene rings is 2. The second-order valence-electron chi connectivity index (χ2n) is 6.37. The Hall–Kier alpha value is -3.41. The SMILES string of the molecule is COc1ccc(C)cc1Nc1nc(C)cc(C(=O)Nc2cccc(C)c2)n1. The second kappa shape index (κ2) is 7.86. The summed E-state index contributed by atoms with van der Waals surface area (Å²) in [6.45, 7) is 5.79. The summed E-state index contributed by atoms with van der Waals surface area (Å²) in [5, 5.41) is 6.01. The van der Waals surface area contributed by atoms with Gasteiger partial charge in [-0.25, -0.2) is 9.97 Å². The minimum atomic E-state index is -0.287. The molecule has 0 saturated heterocycles. The molecule has 6 nitrogen and oxygen atoms in total. The van der Waals surface area contributed by atoms with Gasteiger partial charge in [-0.3, -0.25) is 4.79 Å². The van der Waals surface area contributed by atoms with Crippen molar-refractivity contribution in [3.05, 3.63) is 71.0 Å². The minimum Gasteiger partial charge on any atom is -0.495 e. The lowest BCUT2D eigenvalue weighted by Crippen LogP contribution is -2.15. The standard InChI is InChI=1S/C21H22N4O2/c1-13-6-5-7-16(10-13)23-20(26)18-12-15(3)22-21(25-18)24-17-11-14(2)8-9-19(17)27-4/h5-12H,1-4H3,(H,23,26)(H,22,24,25). The van der Waals surface area contributed by atoms with Crippen LogP contribution < -0.4 is 15.4 Å². The van der Waals surface area contributed by atoms with Crippen molar-refractivity contribution in [3.63, 3.8) is 0 Å². The van der Waals surface area contributed by atoms with Crippen LogP contribution in [0.5, 0.6) is 5.75 Å². The van der Waals surface area contributed by atoms with Crippen molar-refractivity contribution in [2.24, 2.45) is 0 Å². The Labute approximate surface area is 158 Å². The number of aromatic nitrogens is 2. The number of nitrogens with zero attached hydrogens (tertiary/aromatic N) is 2. The third kappa shape index (κ3) is 4.61. The molecule has 3 aromatic rings. The van der Waals surface area contributed by atoms with Crippen LogP contribution in [0.15, 0.2) is 48.5 Å². The number of hydrogen-bond acceptors (Lipinski definition) is 5. The van der Waals surface area contributed by atoms with Gasteiger partial charge in [-0.1, -0.05) is 18.2 Å². The Bertz CT molecular complexity index is 986. The average Bonchev–Trinajstić information content (AvgIpc) is 2.61. The maximum Gasteiger partial charge on any atom is 0.274 e. The van der Waals surface area contributed by atoms with Crippen LogP contribution in [0.25, 0.3) is 0 Å². The van der Waals surface area contributed by atoms with E-state index in [2.05, 4.69) is 20.6 Å². The molecule has 0 spiro atoms. The van der Waals surface area contributed by atoms with Gasteiger partial charge in [0.1, 0.15) is 11.4 Å². The van der Waals surface area contributed by atoms with Gasteiger partial charge in [0.05, 0.1) is 12.8 Å². The van der Waals surface area contributed by atoms with Crippen LogP contribution in [-0.4, -0.2) is 23.0 Å². The zero-order valence-corrected chi connectivity index (χ0v) is 15.8. The maximum atomic E-state index is 12.6. The number of anilines is 3. The van der Waals surface area contributed by atoms with E-state index in [0.717, 1.165) is 22.5 Å². The first-order valence-electron chi connectivity index (χ1n) is 8.60. The fourth-order valence-electron chi connectivity index (χ4n) is 2.70. The highest BCUT2D eigenvalue weighted by atomic mass is 16.5. The summed E-state index contributed by atoms with van der Waals surface area (Å²) < 4.78 is 5.37. The normalized spacial score (nSPS) is 10.4. The van der Waals surface area contributed by atoms with E-state index in [-0.39, 0.29) is 11.6 Å². The largest absolute Gasteiger partial charge is 0.495 e. The van der Waals surface area contributed by atoms with Crippen molar-refractivity contribution in [2.75, 3.05) is 17.7 Å². The Morgan fingerprint density at radius 3 is 2.48 bits per heavy atom. The van der Waals surface area contributed by atoms with Crippen LogP contribution in [0.3, 0.4) is 0 Å². The Balaban J connectivity index is 1.86. The van der Waals surface area contributed by atoms with Gasteiger partial charge in [0.2, 0.25) is 5.95 Å². The summed E-state index contributed by atoms with van der Waals surface area (Å²) in [6, 6.07) is 15.1. The lowest BCUT2D eigenvalue weighted by molar-refractivity contribution is 0.102. The lowest BCUT2D eigenvalue weighted by atomic mass is 10.2. The fraction of sp³-hybridized carbons (Fsp3) is 0.190. The number of methoxy groups -OCH3 is 1. The number of hydrogen-bond donors (Lipinski definition) is 2. The predicted molar refractivity (Wildman–Crippen MR) is 107 cm³/mol. The fourth-order valence-corrected chi connectivity index (χ4v) is 2.70. The van der Waals surface area contributed by atoms with E-state index >= 15 is 0 Å². The molecule has 0 radical (unpaired) electrons. The predicted octanol–water partition coefficient (Wildman–Crippen LogP) is 4.41. The molecule has 0 saturated carbocycles. The molecule has 0 unspecified atom stereocenters.